The molecule has 0 bridgehead atoms. The molecule has 4 heteroatoms. The van der Waals surface area contributed by atoms with Crippen LogP contribution in [0.3, 0.4) is 0 Å². The third-order valence-corrected chi connectivity index (χ3v) is 4.38. The number of aldehydes is 1. The minimum Gasteiger partial charge on any atom is -0.396 e. The molecule has 0 aliphatic carbocycles. The van der Waals surface area contributed by atoms with E-state index >= 15 is 0 Å². The van der Waals surface area contributed by atoms with Crippen molar-refractivity contribution in [1.29, 1.82) is 0 Å². The average molecular weight is 397 g/mol. The molecule has 2 rings (SSSR count). The van der Waals surface area contributed by atoms with Crippen LogP contribution >= 0.6 is 0 Å². The summed E-state index contributed by atoms with van der Waals surface area (Å²) >= 11 is 0. The number of nitrogens with two attached hydrogens (primary N) is 1. The van der Waals surface area contributed by atoms with Crippen LogP contribution in [0.25, 0.3) is 6.08 Å². The third kappa shape index (κ3) is 8.04. The number of nitrogens with one attached hydrogen (secondary N) is 1. The Bertz CT molecular complexity index is 846. The summed E-state index contributed by atoms with van der Waals surface area (Å²) in [5.41, 5.74) is 10.8. The minimum absolute atomic E-state index is 0.182. The molecule has 0 aliphatic heterocycles. The van der Waals surface area contributed by atoms with E-state index in [4.69, 9.17) is 5.73 Å². The number of nitrogen functional groups attached to an aromatic ring is 1. The van der Waals surface area contributed by atoms with E-state index in [0.29, 0.717) is 13.0 Å². The van der Waals surface area contributed by atoms with Gasteiger partial charge in [-0.1, -0.05) is 57.2 Å². The fourth-order valence-electron chi connectivity index (χ4n) is 2.74. The quantitative estimate of drug-likeness (QED) is 0.296. The SMILES string of the molecule is C/C(C=O)=C\c1ccc(C(C)(C)C)cc1.C=CCc1cc(CNC)cc(F)c1N. The lowest BCUT2D eigenvalue weighted by Crippen LogP contribution is -2.10. The van der Waals surface area contributed by atoms with Crippen LogP contribution in [-0.4, -0.2) is 13.3 Å². The summed E-state index contributed by atoms with van der Waals surface area (Å²) in [6, 6.07) is 11.7. The molecule has 2 aromatic carbocycles. The zero-order valence-corrected chi connectivity index (χ0v) is 18.2. The highest BCUT2D eigenvalue weighted by Crippen LogP contribution is 2.22. The minimum atomic E-state index is -0.352. The summed E-state index contributed by atoms with van der Waals surface area (Å²) in [6.07, 6.45) is 5.08. The topological polar surface area (TPSA) is 55.1 Å². The molecule has 0 aromatic heterocycles. The maximum atomic E-state index is 13.3. The second-order valence-electron chi connectivity index (χ2n) is 8.05. The Morgan fingerprint density at radius 1 is 1.21 bits per heavy atom. The first-order valence-electron chi connectivity index (χ1n) is 9.68. The van der Waals surface area contributed by atoms with Crippen molar-refractivity contribution in [1.82, 2.24) is 5.32 Å². The van der Waals surface area contributed by atoms with Gasteiger partial charge in [0.25, 0.3) is 0 Å². The second-order valence-corrected chi connectivity index (χ2v) is 8.05. The van der Waals surface area contributed by atoms with Gasteiger partial charge < -0.3 is 11.1 Å². The molecule has 0 amide bonds. The van der Waals surface area contributed by atoms with Crippen LogP contribution in [0.15, 0.2) is 54.6 Å². The van der Waals surface area contributed by atoms with Gasteiger partial charge in [0.05, 0.1) is 5.69 Å². The Labute approximate surface area is 174 Å². The van der Waals surface area contributed by atoms with Crippen LogP contribution in [0.1, 0.15) is 49.9 Å². The van der Waals surface area contributed by atoms with Crippen molar-refractivity contribution in [3.63, 3.8) is 0 Å². The van der Waals surface area contributed by atoms with E-state index in [1.54, 1.807) is 6.08 Å². The van der Waals surface area contributed by atoms with Crippen LogP contribution < -0.4 is 11.1 Å². The fraction of sp³-hybridized carbons (Fsp3) is 0.320. The summed E-state index contributed by atoms with van der Waals surface area (Å²) in [4.78, 5) is 10.5. The molecule has 0 spiro atoms. The van der Waals surface area contributed by atoms with E-state index in [0.717, 1.165) is 28.5 Å². The number of hydrogen-bond acceptors (Lipinski definition) is 3. The summed E-state index contributed by atoms with van der Waals surface area (Å²) in [6.45, 7) is 12.6. The number of carbonyl (C=O) groups is 1. The summed E-state index contributed by atoms with van der Waals surface area (Å²) in [5, 5.41) is 2.97. The summed E-state index contributed by atoms with van der Waals surface area (Å²) < 4.78 is 13.3. The number of anilines is 1. The number of carbonyl (C=O) groups excluding carboxylic acids is 1. The van der Waals surface area contributed by atoms with Gasteiger partial charge in [-0.25, -0.2) is 4.39 Å². The lowest BCUT2D eigenvalue weighted by Gasteiger charge is -2.18. The van der Waals surface area contributed by atoms with E-state index in [1.165, 1.54) is 11.6 Å². The molecule has 0 atom stereocenters. The summed E-state index contributed by atoms with van der Waals surface area (Å²) in [5.74, 6) is -0.352. The maximum absolute atomic E-state index is 13.3. The molecule has 29 heavy (non-hydrogen) atoms. The molecule has 156 valence electrons. The average Bonchev–Trinajstić information content (AvgIpc) is 2.66. The van der Waals surface area contributed by atoms with Crippen molar-refractivity contribution < 1.29 is 9.18 Å². The fourth-order valence-corrected chi connectivity index (χ4v) is 2.74. The molecular weight excluding hydrogens is 363 g/mol. The van der Waals surface area contributed by atoms with Crippen molar-refractivity contribution in [2.75, 3.05) is 12.8 Å². The number of hydrogen-bond donors (Lipinski definition) is 2. The largest absolute Gasteiger partial charge is 0.396 e. The van der Waals surface area contributed by atoms with Crippen molar-refractivity contribution in [2.24, 2.45) is 0 Å². The molecule has 0 heterocycles. The van der Waals surface area contributed by atoms with Gasteiger partial charge in [-0.3, -0.25) is 4.79 Å². The number of allylic oxidation sites excluding steroid dienone is 2. The van der Waals surface area contributed by atoms with E-state index in [2.05, 4.69) is 44.8 Å². The molecule has 0 saturated heterocycles. The van der Waals surface area contributed by atoms with Crippen LogP contribution in [0.5, 0.6) is 0 Å². The molecule has 0 aliphatic rings. The van der Waals surface area contributed by atoms with Gasteiger partial charge in [0.15, 0.2) is 0 Å². The zero-order chi connectivity index (χ0) is 22.0. The molecular formula is C25H33FN2O. The van der Waals surface area contributed by atoms with E-state index in [-0.39, 0.29) is 16.9 Å². The molecule has 3 nitrogen and oxygen atoms in total. The first-order valence-corrected chi connectivity index (χ1v) is 9.68. The molecule has 2 aromatic rings. The van der Waals surface area contributed by atoms with Gasteiger partial charge in [-0.2, -0.15) is 0 Å². The van der Waals surface area contributed by atoms with Crippen molar-refractivity contribution in [3.05, 3.63) is 82.7 Å². The van der Waals surface area contributed by atoms with Crippen LogP contribution in [0.4, 0.5) is 10.1 Å². The smallest absolute Gasteiger partial charge is 0.146 e. The Morgan fingerprint density at radius 3 is 2.31 bits per heavy atom. The summed E-state index contributed by atoms with van der Waals surface area (Å²) in [7, 11) is 1.82. The van der Waals surface area contributed by atoms with Gasteiger partial charge in [-0.15, -0.1) is 6.58 Å². The number of halogens is 1. The van der Waals surface area contributed by atoms with E-state index < -0.39 is 0 Å². The van der Waals surface area contributed by atoms with Crippen molar-refractivity contribution in [3.8, 4) is 0 Å². The Morgan fingerprint density at radius 2 is 1.83 bits per heavy atom. The lowest BCUT2D eigenvalue weighted by atomic mass is 9.86. The molecule has 0 unspecified atom stereocenters. The molecule has 0 fully saturated rings. The molecule has 3 N–H and O–H groups in total. The van der Waals surface area contributed by atoms with Crippen LogP contribution in [0, 0.1) is 5.82 Å². The van der Waals surface area contributed by atoms with E-state index in [9.17, 15) is 9.18 Å². The van der Waals surface area contributed by atoms with Crippen LogP contribution in [-0.2, 0) is 23.2 Å². The first-order chi connectivity index (χ1) is 13.6. The van der Waals surface area contributed by atoms with Crippen molar-refractivity contribution >= 4 is 18.0 Å². The van der Waals surface area contributed by atoms with Crippen LogP contribution in [0.2, 0.25) is 0 Å². The number of rotatable bonds is 6. The highest BCUT2D eigenvalue weighted by Gasteiger charge is 2.12. The highest BCUT2D eigenvalue weighted by molar-refractivity contribution is 5.80. The monoisotopic (exact) mass is 396 g/mol. The Kier molecular flexibility index (Phi) is 9.49. The van der Waals surface area contributed by atoms with Gasteiger partial charge in [-0.05, 0) is 65.8 Å². The predicted octanol–water partition coefficient (Wildman–Crippen LogP) is 5.44. The van der Waals surface area contributed by atoms with Crippen molar-refractivity contribution in [2.45, 2.75) is 46.1 Å². The van der Waals surface area contributed by atoms with Gasteiger partial charge in [0.2, 0.25) is 0 Å². The number of benzene rings is 2. The second kappa shape index (κ2) is 11.3. The third-order valence-electron chi connectivity index (χ3n) is 4.38. The molecule has 0 saturated carbocycles. The van der Waals surface area contributed by atoms with Gasteiger partial charge in [0, 0.05) is 6.54 Å². The maximum Gasteiger partial charge on any atom is 0.146 e. The Hall–Kier alpha value is -2.72. The standard InChI is InChI=1S/C14H18O.C11H15FN2/c1-11(10-15)9-12-5-7-13(8-6-12)14(2,3)4;1-3-4-9-5-8(7-14-2)6-10(12)11(9)13/h5-10H,1-4H3;3,5-6,14H,1,4,7,13H2,2H3/b11-9+;. The van der Waals surface area contributed by atoms with E-state index in [1.807, 2.05) is 38.2 Å². The first kappa shape index (κ1) is 24.3. The zero-order valence-electron chi connectivity index (χ0n) is 18.2. The van der Waals surface area contributed by atoms with Gasteiger partial charge >= 0.3 is 0 Å². The predicted molar refractivity (Wildman–Crippen MR) is 122 cm³/mol. The highest BCUT2D eigenvalue weighted by atomic mass is 19.1. The molecule has 0 radical (unpaired) electrons. The lowest BCUT2D eigenvalue weighted by molar-refractivity contribution is -0.104. The van der Waals surface area contributed by atoms with Gasteiger partial charge in [0.1, 0.15) is 12.1 Å². The Balaban J connectivity index is 0.000000291. The normalized spacial score (nSPS) is 11.4.